The molecule has 0 bridgehead atoms. The Labute approximate surface area is 186 Å². The largest absolute Gasteiger partial charge is 0.458 e. The number of hydrogen-bond donors (Lipinski definition) is 1. The van der Waals surface area contributed by atoms with Crippen molar-refractivity contribution in [2.24, 2.45) is 0 Å². The fourth-order valence-electron chi connectivity index (χ4n) is 3.48. The van der Waals surface area contributed by atoms with Crippen LogP contribution in [0.5, 0.6) is 0 Å². The second-order valence-corrected chi connectivity index (χ2v) is 7.87. The number of rotatable bonds is 10. The van der Waals surface area contributed by atoms with Crippen molar-refractivity contribution in [2.75, 3.05) is 11.9 Å². The Hall–Kier alpha value is -3.49. The molecule has 1 N–H and O–H groups in total. The lowest BCUT2D eigenvalue weighted by Crippen LogP contribution is -2.30. The molecule has 3 rings (SSSR count). The van der Waals surface area contributed by atoms with Crippen molar-refractivity contribution in [2.45, 2.75) is 59.1 Å². The summed E-state index contributed by atoms with van der Waals surface area (Å²) in [5.41, 5.74) is 1.29. The van der Waals surface area contributed by atoms with Gasteiger partial charge in [0.05, 0.1) is 22.9 Å². The lowest BCUT2D eigenvalue weighted by molar-refractivity contribution is -0.116. The van der Waals surface area contributed by atoms with Crippen LogP contribution in [0, 0.1) is 0 Å². The quantitative estimate of drug-likeness (QED) is 0.345. The van der Waals surface area contributed by atoms with Crippen molar-refractivity contribution < 1.29 is 23.9 Å². The number of carbonyl (C=O) groups is 4. The van der Waals surface area contributed by atoms with Crippen LogP contribution in [0.15, 0.2) is 30.5 Å². The fraction of sp³-hybridized carbons (Fsp3) is 0.435. The van der Waals surface area contributed by atoms with Crippen LogP contribution in [0.1, 0.15) is 77.7 Å². The van der Waals surface area contributed by atoms with Crippen molar-refractivity contribution in [1.82, 2.24) is 14.7 Å². The highest BCUT2D eigenvalue weighted by molar-refractivity contribution is 6.21. The van der Waals surface area contributed by atoms with E-state index >= 15 is 0 Å². The molecule has 1 aliphatic heterocycles. The zero-order chi connectivity index (χ0) is 23.3. The number of aromatic nitrogens is 2. The van der Waals surface area contributed by atoms with Crippen LogP contribution in [-0.4, -0.2) is 51.0 Å². The number of nitrogens with zero attached hydrogens (tertiary/aromatic N) is 3. The first kappa shape index (κ1) is 23.2. The van der Waals surface area contributed by atoms with Crippen LogP contribution in [0.2, 0.25) is 0 Å². The number of imide groups is 1. The van der Waals surface area contributed by atoms with E-state index in [9.17, 15) is 19.2 Å². The van der Waals surface area contributed by atoms with Crippen molar-refractivity contribution in [3.63, 3.8) is 0 Å². The lowest BCUT2D eigenvalue weighted by Gasteiger charge is -2.13. The first-order valence-corrected chi connectivity index (χ1v) is 10.8. The topological polar surface area (TPSA) is 111 Å². The number of benzene rings is 1. The zero-order valence-electron chi connectivity index (χ0n) is 18.6. The second-order valence-electron chi connectivity index (χ2n) is 7.87. The predicted molar refractivity (Wildman–Crippen MR) is 117 cm³/mol. The predicted octanol–water partition coefficient (Wildman–Crippen LogP) is 3.26. The standard InChI is InChI=1S/C23H28N4O5/c1-4-26-14-18(20(25-26)23(31)32-15(2)3)24-19(28)12-6-5-9-13-27-21(29)16-10-7-8-11-17(16)22(27)30/h7-8,10-11,14-15H,4-6,9,12-13H2,1-3H3,(H,24,28). The summed E-state index contributed by atoms with van der Waals surface area (Å²) < 4.78 is 6.76. The van der Waals surface area contributed by atoms with E-state index in [0.717, 1.165) is 0 Å². The average molecular weight is 441 g/mol. The number of hydrogen-bond acceptors (Lipinski definition) is 6. The molecule has 0 aliphatic carbocycles. The summed E-state index contributed by atoms with van der Waals surface area (Å²) in [4.78, 5) is 50.6. The summed E-state index contributed by atoms with van der Waals surface area (Å²) >= 11 is 0. The number of esters is 1. The van der Waals surface area contributed by atoms with Gasteiger partial charge in [0.1, 0.15) is 0 Å². The molecule has 32 heavy (non-hydrogen) atoms. The zero-order valence-corrected chi connectivity index (χ0v) is 18.6. The van der Waals surface area contributed by atoms with Crippen molar-refractivity contribution >= 4 is 29.4 Å². The first-order valence-electron chi connectivity index (χ1n) is 10.8. The van der Waals surface area contributed by atoms with Gasteiger partial charge in [0.15, 0.2) is 5.69 Å². The number of amides is 3. The average Bonchev–Trinajstić information content (AvgIpc) is 3.27. The number of anilines is 1. The van der Waals surface area contributed by atoms with E-state index in [4.69, 9.17) is 4.74 Å². The SMILES string of the molecule is CCn1cc(NC(=O)CCCCCN2C(=O)c3ccccc3C2=O)c(C(=O)OC(C)C)n1. The summed E-state index contributed by atoms with van der Waals surface area (Å²) in [5.74, 6) is -1.35. The monoisotopic (exact) mass is 440 g/mol. The number of ether oxygens (including phenoxy) is 1. The molecule has 1 aliphatic rings. The Kier molecular flexibility index (Phi) is 7.40. The molecule has 1 aromatic heterocycles. The fourth-order valence-corrected chi connectivity index (χ4v) is 3.48. The number of carbonyl (C=O) groups excluding carboxylic acids is 4. The van der Waals surface area contributed by atoms with E-state index in [1.807, 2.05) is 6.92 Å². The van der Waals surface area contributed by atoms with Crippen LogP contribution in [0.4, 0.5) is 5.69 Å². The first-order chi connectivity index (χ1) is 15.3. The van der Waals surface area contributed by atoms with Gasteiger partial charge in [-0.3, -0.25) is 24.0 Å². The number of fused-ring (bicyclic) bond motifs is 1. The molecule has 1 aromatic carbocycles. The minimum Gasteiger partial charge on any atom is -0.458 e. The molecule has 0 atom stereocenters. The van der Waals surface area contributed by atoms with E-state index < -0.39 is 5.97 Å². The lowest BCUT2D eigenvalue weighted by atomic mass is 10.1. The van der Waals surface area contributed by atoms with Crippen molar-refractivity contribution in [3.05, 3.63) is 47.3 Å². The van der Waals surface area contributed by atoms with E-state index in [1.165, 1.54) is 4.90 Å². The van der Waals surface area contributed by atoms with E-state index in [1.54, 1.807) is 49.0 Å². The normalized spacial score (nSPS) is 12.9. The number of nitrogens with one attached hydrogen (secondary N) is 1. The van der Waals surface area contributed by atoms with Gasteiger partial charge in [0, 0.05) is 25.7 Å². The Morgan fingerprint density at radius 2 is 1.72 bits per heavy atom. The molecule has 0 fully saturated rings. The van der Waals surface area contributed by atoms with Gasteiger partial charge >= 0.3 is 5.97 Å². The van der Waals surface area contributed by atoms with E-state index in [2.05, 4.69) is 10.4 Å². The van der Waals surface area contributed by atoms with Gasteiger partial charge in [-0.2, -0.15) is 5.10 Å². The van der Waals surface area contributed by atoms with Crippen molar-refractivity contribution in [1.29, 1.82) is 0 Å². The Bertz CT molecular complexity index is 992. The summed E-state index contributed by atoms with van der Waals surface area (Å²) in [6, 6.07) is 6.80. The maximum Gasteiger partial charge on any atom is 0.361 e. The maximum absolute atomic E-state index is 12.4. The Morgan fingerprint density at radius 1 is 1.06 bits per heavy atom. The third-order valence-electron chi connectivity index (χ3n) is 5.06. The third kappa shape index (κ3) is 5.22. The summed E-state index contributed by atoms with van der Waals surface area (Å²) in [6.07, 6.45) is 3.44. The molecular formula is C23H28N4O5. The second kappa shape index (κ2) is 10.2. The van der Waals surface area contributed by atoms with Crippen LogP contribution < -0.4 is 5.32 Å². The third-order valence-corrected chi connectivity index (χ3v) is 5.06. The highest BCUT2D eigenvalue weighted by Crippen LogP contribution is 2.23. The minimum atomic E-state index is -0.580. The molecule has 9 nitrogen and oxygen atoms in total. The summed E-state index contributed by atoms with van der Waals surface area (Å²) in [5, 5.41) is 6.91. The molecule has 0 unspecified atom stereocenters. The van der Waals surface area contributed by atoms with Gasteiger partial charge in [-0.05, 0) is 45.7 Å². The molecule has 0 saturated carbocycles. The van der Waals surface area contributed by atoms with Gasteiger partial charge in [-0.25, -0.2) is 4.79 Å². The van der Waals surface area contributed by atoms with Gasteiger partial charge in [0.2, 0.25) is 5.91 Å². The summed E-state index contributed by atoms with van der Waals surface area (Å²) in [6.45, 7) is 6.24. The highest BCUT2D eigenvalue weighted by atomic mass is 16.5. The van der Waals surface area contributed by atoms with Crippen LogP contribution >= 0.6 is 0 Å². The molecule has 170 valence electrons. The molecule has 2 aromatic rings. The van der Waals surface area contributed by atoms with Gasteiger partial charge in [-0.15, -0.1) is 0 Å². The minimum absolute atomic E-state index is 0.0829. The highest BCUT2D eigenvalue weighted by Gasteiger charge is 2.34. The maximum atomic E-state index is 12.4. The molecule has 2 heterocycles. The summed E-state index contributed by atoms with van der Waals surface area (Å²) in [7, 11) is 0. The Balaban J connectivity index is 1.45. The number of aryl methyl sites for hydroxylation is 1. The van der Waals surface area contributed by atoms with Crippen LogP contribution in [0.3, 0.4) is 0 Å². The van der Waals surface area contributed by atoms with Crippen molar-refractivity contribution in [3.8, 4) is 0 Å². The van der Waals surface area contributed by atoms with Gasteiger partial charge in [-0.1, -0.05) is 18.6 Å². The number of unbranched alkanes of at least 4 members (excludes halogenated alkanes) is 2. The smallest absolute Gasteiger partial charge is 0.361 e. The van der Waals surface area contributed by atoms with E-state index in [0.29, 0.717) is 49.2 Å². The van der Waals surface area contributed by atoms with Crippen LogP contribution in [0.25, 0.3) is 0 Å². The molecule has 9 heteroatoms. The van der Waals surface area contributed by atoms with Gasteiger partial charge in [0.25, 0.3) is 11.8 Å². The molecular weight excluding hydrogens is 412 g/mol. The van der Waals surface area contributed by atoms with Gasteiger partial charge < -0.3 is 10.1 Å². The van der Waals surface area contributed by atoms with Crippen LogP contribution in [-0.2, 0) is 16.1 Å². The van der Waals surface area contributed by atoms with E-state index in [-0.39, 0.29) is 35.9 Å². The molecule has 3 amide bonds. The molecule has 0 radical (unpaired) electrons. The Morgan fingerprint density at radius 3 is 2.31 bits per heavy atom. The molecule has 0 saturated heterocycles. The molecule has 0 spiro atoms.